The van der Waals surface area contributed by atoms with E-state index in [4.69, 9.17) is 4.74 Å². The molecule has 0 aromatic heterocycles. The molecule has 2 atom stereocenters. The molecule has 1 aliphatic rings. The molecule has 2 rings (SSSR count). The molecule has 2 nitrogen and oxygen atoms in total. The number of rotatable bonds is 8. The highest BCUT2D eigenvalue weighted by atomic mass is 16.5. The third-order valence-corrected chi connectivity index (χ3v) is 4.23. The van der Waals surface area contributed by atoms with Crippen molar-refractivity contribution in [1.82, 2.24) is 0 Å². The maximum atomic E-state index is 10.3. The van der Waals surface area contributed by atoms with Crippen LogP contribution in [0.3, 0.4) is 0 Å². The van der Waals surface area contributed by atoms with Crippen LogP contribution < -0.4 is 4.74 Å². The molecule has 1 aromatic rings. The fraction of sp³-hybridized carbons (Fsp3) is 0.667. The molecule has 0 saturated heterocycles. The predicted octanol–water partition coefficient (Wildman–Crippen LogP) is 4.49. The molecule has 0 radical (unpaired) electrons. The number of aryl methyl sites for hydroxylation is 1. The molecule has 0 bridgehead atoms. The topological polar surface area (TPSA) is 29.5 Å². The van der Waals surface area contributed by atoms with Crippen molar-refractivity contribution >= 4 is 0 Å². The Kier molecular flexibility index (Phi) is 6.38. The van der Waals surface area contributed by atoms with Crippen LogP contribution in [0.1, 0.15) is 63.9 Å². The van der Waals surface area contributed by atoms with Crippen molar-refractivity contribution in [3.8, 4) is 5.75 Å². The first-order valence-electron chi connectivity index (χ1n) is 8.24. The number of ether oxygens (including phenoxy) is 1. The highest BCUT2D eigenvalue weighted by Crippen LogP contribution is 2.29. The van der Waals surface area contributed by atoms with Gasteiger partial charge in [0, 0.05) is 0 Å². The zero-order valence-electron chi connectivity index (χ0n) is 12.7. The zero-order valence-corrected chi connectivity index (χ0v) is 12.7. The van der Waals surface area contributed by atoms with Crippen molar-refractivity contribution in [2.75, 3.05) is 0 Å². The van der Waals surface area contributed by atoms with Crippen molar-refractivity contribution in [3.63, 3.8) is 0 Å². The molecule has 0 fully saturated rings. The van der Waals surface area contributed by atoms with Gasteiger partial charge in [0.25, 0.3) is 0 Å². The van der Waals surface area contributed by atoms with Crippen molar-refractivity contribution < 1.29 is 9.84 Å². The van der Waals surface area contributed by atoms with E-state index in [-0.39, 0.29) is 12.2 Å². The zero-order chi connectivity index (χ0) is 14.2. The fourth-order valence-corrected chi connectivity index (χ4v) is 2.94. The summed E-state index contributed by atoms with van der Waals surface area (Å²) in [5, 5.41) is 10.3. The maximum Gasteiger partial charge on any atom is 0.125 e. The van der Waals surface area contributed by atoms with Crippen LogP contribution >= 0.6 is 0 Å². The Morgan fingerprint density at radius 3 is 2.75 bits per heavy atom. The van der Waals surface area contributed by atoms with Gasteiger partial charge in [0.2, 0.25) is 0 Å². The molecular weight excluding hydrogens is 248 g/mol. The summed E-state index contributed by atoms with van der Waals surface area (Å²) in [5.41, 5.74) is 1.27. The van der Waals surface area contributed by atoms with Gasteiger partial charge in [0.15, 0.2) is 0 Å². The lowest BCUT2D eigenvalue weighted by Crippen LogP contribution is -2.34. The van der Waals surface area contributed by atoms with Gasteiger partial charge in [-0.05, 0) is 30.9 Å². The fourth-order valence-electron chi connectivity index (χ4n) is 2.94. The molecule has 0 amide bonds. The first-order valence-corrected chi connectivity index (χ1v) is 8.24. The molecule has 0 saturated carbocycles. The maximum absolute atomic E-state index is 10.3. The Balaban J connectivity index is 1.68. The van der Waals surface area contributed by atoms with Crippen molar-refractivity contribution in [1.29, 1.82) is 0 Å². The second-order valence-electron chi connectivity index (χ2n) is 5.93. The summed E-state index contributed by atoms with van der Waals surface area (Å²) in [7, 11) is 0. The standard InChI is InChI=1S/C18H28O2/c1-2-3-4-5-6-7-11-16(19)18-14-13-15-10-8-9-12-17(15)20-18/h8-10,12,16,18-19H,2-7,11,13-14H2,1H3. The predicted molar refractivity (Wildman–Crippen MR) is 83.2 cm³/mol. The minimum Gasteiger partial charge on any atom is -0.487 e. The van der Waals surface area contributed by atoms with E-state index in [2.05, 4.69) is 19.1 Å². The van der Waals surface area contributed by atoms with E-state index in [1.165, 1.54) is 37.7 Å². The number of para-hydroxylation sites is 1. The van der Waals surface area contributed by atoms with Gasteiger partial charge in [0.05, 0.1) is 6.10 Å². The average Bonchev–Trinajstić information content (AvgIpc) is 2.50. The number of unbranched alkanes of at least 4 members (excludes halogenated alkanes) is 5. The van der Waals surface area contributed by atoms with E-state index in [0.717, 1.165) is 31.4 Å². The molecule has 1 aromatic carbocycles. The number of aliphatic hydroxyl groups excluding tert-OH is 1. The van der Waals surface area contributed by atoms with Crippen molar-refractivity contribution in [2.45, 2.75) is 76.9 Å². The Morgan fingerprint density at radius 1 is 1.15 bits per heavy atom. The minimum atomic E-state index is -0.311. The van der Waals surface area contributed by atoms with Crippen LogP contribution in [0.25, 0.3) is 0 Å². The van der Waals surface area contributed by atoms with Crippen LogP contribution in [-0.4, -0.2) is 17.3 Å². The second kappa shape index (κ2) is 8.31. The minimum absolute atomic E-state index is 0.0134. The second-order valence-corrected chi connectivity index (χ2v) is 5.93. The molecule has 20 heavy (non-hydrogen) atoms. The largest absolute Gasteiger partial charge is 0.487 e. The SMILES string of the molecule is CCCCCCCCC(O)C1CCc2ccccc2O1. The van der Waals surface area contributed by atoms with Gasteiger partial charge >= 0.3 is 0 Å². The van der Waals surface area contributed by atoms with E-state index < -0.39 is 0 Å². The molecule has 112 valence electrons. The Bertz CT molecular complexity index is 389. The lowest BCUT2D eigenvalue weighted by Gasteiger charge is -2.29. The van der Waals surface area contributed by atoms with Crippen molar-refractivity contribution in [3.05, 3.63) is 29.8 Å². The van der Waals surface area contributed by atoms with Crippen LogP contribution in [0.5, 0.6) is 5.75 Å². The van der Waals surface area contributed by atoms with Crippen LogP contribution in [0, 0.1) is 0 Å². The van der Waals surface area contributed by atoms with Gasteiger partial charge in [-0.15, -0.1) is 0 Å². The molecule has 1 heterocycles. The number of hydrogen-bond acceptors (Lipinski definition) is 2. The summed E-state index contributed by atoms with van der Waals surface area (Å²) in [6.45, 7) is 2.24. The molecule has 2 unspecified atom stereocenters. The Hall–Kier alpha value is -1.02. The number of hydrogen-bond donors (Lipinski definition) is 1. The summed E-state index contributed by atoms with van der Waals surface area (Å²) in [5.74, 6) is 0.964. The van der Waals surface area contributed by atoms with Crippen LogP contribution in [-0.2, 0) is 6.42 Å². The van der Waals surface area contributed by atoms with E-state index in [0.29, 0.717) is 0 Å². The molecule has 1 aliphatic heterocycles. The monoisotopic (exact) mass is 276 g/mol. The third kappa shape index (κ3) is 4.52. The average molecular weight is 276 g/mol. The molecule has 0 aliphatic carbocycles. The first kappa shape index (κ1) is 15.4. The third-order valence-electron chi connectivity index (χ3n) is 4.23. The lowest BCUT2D eigenvalue weighted by atomic mass is 9.96. The summed E-state index contributed by atoms with van der Waals surface area (Å²) in [4.78, 5) is 0. The number of aliphatic hydroxyl groups is 1. The normalized spacial score (nSPS) is 19.2. The van der Waals surface area contributed by atoms with Crippen LogP contribution in [0.15, 0.2) is 24.3 Å². The highest BCUT2D eigenvalue weighted by molar-refractivity contribution is 5.35. The van der Waals surface area contributed by atoms with E-state index in [1.54, 1.807) is 0 Å². The van der Waals surface area contributed by atoms with Gasteiger partial charge < -0.3 is 9.84 Å². The number of benzene rings is 1. The van der Waals surface area contributed by atoms with Crippen LogP contribution in [0.4, 0.5) is 0 Å². The van der Waals surface area contributed by atoms with Crippen molar-refractivity contribution in [2.24, 2.45) is 0 Å². The van der Waals surface area contributed by atoms with E-state index in [1.807, 2.05) is 12.1 Å². The lowest BCUT2D eigenvalue weighted by molar-refractivity contribution is 0.0176. The van der Waals surface area contributed by atoms with Gasteiger partial charge in [-0.1, -0.05) is 63.6 Å². The summed E-state index contributed by atoms with van der Waals surface area (Å²) < 4.78 is 5.94. The van der Waals surface area contributed by atoms with E-state index >= 15 is 0 Å². The number of fused-ring (bicyclic) bond motifs is 1. The Morgan fingerprint density at radius 2 is 1.90 bits per heavy atom. The highest BCUT2D eigenvalue weighted by Gasteiger charge is 2.25. The first-order chi connectivity index (χ1) is 9.81. The van der Waals surface area contributed by atoms with Gasteiger partial charge in [-0.3, -0.25) is 0 Å². The molecule has 2 heteroatoms. The van der Waals surface area contributed by atoms with Gasteiger partial charge in [-0.25, -0.2) is 0 Å². The summed E-state index contributed by atoms with van der Waals surface area (Å²) in [6, 6.07) is 8.18. The van der Waals surface area contributed by atoms with Gasteiger partial charge in [0.1, 0.15) is 11.9 Å². The molecular formula is C18H28O2. The van der Waals surface area contributed by atoms with Gasteiger partial charge in [-0.2, -0.15) is 0 Å². The smallest absolute Gasteiger partial charge is 0.125 e. The summed E-state index contributed by atoms with van der Waals surface area (Å²) >= 11 is 0. The molecule has 0 spiro atoms. The summed E-state index contributed by atoms with van der Waals surface area (Å²) in [6.07, 6.45) is 10.1. The quantitative estimate of drug-likeness (QED) is 0.709. The Labute approximate surface area is 123 Å². The molecule has 1 N–H and O–H groups in total. The van der Waals surface area contributed by atoms with E-state index in [9.17, 15) is 5.11 Å². The van der Waals surface area contributed by atoms with Crippen LogP contribution in [0.2, 0.25) is 0 Å².